The highest BCUT2D eigenvalue weighted by atomic mass is 32.2. The lowest BCUT2D eigenvalue weighted by Crippen LogP contribution is -2.40. The number of nitrogens with one attached hydrogen (secondary N) is 3. The molecule has 0 saturated carbocycles. The summed E-state index contributed by atoms with van der Waals surface area (Å²) in [5.41, 5.74) is 2.07. The SMILES string of the molecule is Cc1ccc(C(=O)Nc2ccc(S(=O)(=O)NC(C)(C)C)cc2)cc1NC(=O)c1ccccc1. The van der Waals surface area contributed by atoms with Gasteiger partial charge in [0.05, 0.1) is 4.90 Å². The van der Waals surface area contributed by atoms with Crippen LogP contribution in [0.1, 0.15) is 47.1 Å². The molecule has 3 aromatic rings. The molecule has 33 heavy (non-hydrogen) atoms. The van der Waals surface area contributed by atoms with E-state index in [1.807, 2.05) is 13.0 Å². The van der Waals surface area contributed by atoms with Gasteiger partial charge in [0, 0.05) is 28.0 Å². The highest BCUT2D eigenvalue weighted by Crippen LogP contribution is 2.20. The second kappa shape index (κ2) is 9.56. The molecule has 0 aromatic heterocycles. The van der Waals surface area contributed by atoms with Gasteiger partial charge in [0.25, 0.3) is 11.8 Å². The smallest absolute Gasteiger partial charge is 0.255 e. The summed E-state index contributed by atoms with van der Waals surface area (Å²) in [6.07, 6.45) is 0. The number of amides is 2. The van der Waals surface area contributed by atoms with Crippen LogP contribution in [0.2, 0.25) is 0 Å². The Labute approximate surface area is 194 Å². The molecule has 0 fully saturated rings. The molecule has 0 bridgehead atoms. The van der Waals surface area contributed by atoms with Crippen LogP contribution in [0.3, 0.4) is 0 Å². The minimum absolute atomic E-state index is 0.108. The Bertz CT molecular complexity index is 1260. The quantitative estimate of drug-likeness (QED) is 0.496. The fourth-order valence-corrected chi connectivity index (χ4v) is 4.48. The van der Waals surface area contributed by atoms with Crippen LogP contribution in [-0.4, -0.2) is 25.8 Å². The lowest BCUT2D eigenvalue weighted by molar-refractivity contribution is 0.101. The summed E-state index contributed by atoms with van der Waals surface area (Å²) in [6, 6.07) is 19.8. The van der Waals surface area contributed by atoms with E-state index in [0.717, 1.165) is 5.56 Å². The van der Waals surface area contributed by atoms with Crippen LogP contribution in [0.25, 0.3) is 0 Å². The number of hydrogen-bond acceptors (Lipinski definition) is 4. The fourth-order valence-electron chi connectivity index (χ4n) is 3.06. The molecule has 2 amide bonds. The van der Waals surface area contributed by atoms with Crippen molar-refractivity contribution in [2.24, 2.45) is 0 Å². The second-order valence-corrected chi connectivity index (χ2v) is 10.4. The van der Waals surface area contributed by atoms with E-state index in [1.54, 1.807) is 63.2 Å². The molecule has 3 rings (SSSR count). The molecule has 0 spiro atoms. The van der Waals surface area contributed by atoms with Crippen molar-refractivity contribution in [3.05, 3.63) is 89.5 Å². The largest absolute Gasteiger partial charge is 0.322 e. The summed E-state index contributed by atoms with van der Waals surface area (Å²) in [5.74, 6) is -0.648. The lowest BCUT2D eigenvalue weighted by atomic mass is 10.1. The van der Waals surface area contributed by atoms with Crippen molar-refractivity contribution in [2.45, 2.75) is 38.1 Å². The normalized spacial score (nSPS) is 11.6. The second-order valence-electron chi connectivity index (χ2n) is 8.68. The Morgan fingerprint density at radius 1 is 0.758 bits per heavy atom. The van der Waals surface area contributed by atoms with Crippen molar-refractivity contribution in [1.82, 2.24) is 4.72 Å². The van der Waals surface area contributed by atoms with Gasteiger partial charge in [0.15, 0.2) is 0 Å². The molecule has 0 atom stereocenters. The summed E-state index contributed by atoms with van der Waals surface area (Å²) in [5, 5.41) is 5.59. The molecule has 172 valence electrons. The summed E-state index contributed by atoms with van der Waals surface area (Å²) in [6.45, 7) is 7.12. The first-order chi connectivity index (χ1) is 15.4. The van der Waals surface area contributed by atoms with E-state index in [2.05, 4.69) is 15.4 Å². The van der Waals surface area contributed by atoms with E-state index in [4.69, 9.17) is 0 Å². The Balaban J connectivity index is 1.73. The van der Waals surface area contributed by atoms with Crippen molar-refractivity contribution in [3.63, 3.8) is 0 Å². The van der Waals surface area contributed by atoms with Gasteiger partial charge in [-0.2, -0.15) is 0 Å². The molecule has 3 aromatic carbocycles. The molecule has 0 aliphatic heterocycles. The first-order valence-corrected chi connectivity index (χ1v) is 11.9. The van der Waals surface area contributed by atoms with Gasteiger partial charge in [-0.15, -0.1) is 0 Å². The van der Waals surface area contributed by atoms with Crippen molar-refractivity contribution < 1.29 is 18.0 Å². The zero-order valence-electron chi connectivity index (χ0n) is 19.0. The minimum atomic E-state index is -3.66. The molecule has 7 nitrogen and oxygen atoms in total. The van der Waals surface area contributed by atoms with E-state index in [-0.39, 0.29) is 16.7 Å². The van der Waals surface area contributed by atoms with Crippen LogP contribution in [0.5, 0.6) is 0 Å². The van der Waals surface area contributed by atoms with E-state index in [1.165, 1.54) is 24.3 Å². The van der Waals surface area contributed by atoms with Gasteiger partial charge in [-0.25, -0.2) is 13.1 Å². The average Bonchev–Trinajstić information content (AvgIpc) is 2.74. The Kier molecular flexibility index (Phi) is 7.00. The van der Waals surface area contributed by atoms with Crippen molar-refractivity contribution >= 4 is 33.2 Å². The molecule has 0 heterocycles. The van der Waals surface area contributed by atoms with Crippen LogP contribution >= 0.6 is 0 Å². The number of anilines is 2. The van der Waals surface area contributed by atoms with E-state index in [9.17, 15) is 18.0 Å². The number of hydrogen-bond donors (Lipinski definition) is 3. The molecule has 0 radical (unpaired) electrons. The number of aryl methyl sites for hydroxylation is 1. The topological polar surface area (TPSA) is 104 Å². The predicted molar refractivity (Wildman–Crippen MR) is 130 cm³/mol. The molecule has 8 heteroatoms. The number of benzene rings is 3. The molecule has 0 aliphatic rings. The molecular weight excluding hydrogens is 438 g/mol. The molecule has 0 saturated heterocycles. The monoisotopic (exact) mass is 465 g/mol. The van der Waals surface area contributed by atoms with Gasteiger partial charge in [0.2, 0.25) is 10.0 Å². The zero-order chi connectivity index (χ0) is 24.2. The van der Waals surface area contributed by atoms with Crippen molar-refractivity contribution in [1.29, 1.82) is 0 Å². The third kappa shape index (κ3) is 6.50. The van der Waals surface area contributed by atoms with Crippen LogP contribution in [-0.2, 0) is 10.0 Å². The predicted octanol–water partition coefficient (Wildman–Crippen LogP) is 4.58. The maximum atomic E-state index is 12.7. The highest BCUT2D eigenvalue weighted by Gasteiger charge is 2.22. The molecule has 3 N–H and O–H groups in total. The van der Waals surface area contributed by atoms with E-state index < -0.39 is 15.6 Å². The van der Waals surface area contributed by atoms with Crippen molar-refractivity contribution in [2.75, 3.05) is 10.6 Å². The first-order valence-electron chi connectivity index (χ1n) is 10.4. The number of sulfonamides is 1. The maximum absolute atomic E-state index is 12.7. The maximum Gasteiger partial charge on any atom is 0.255 e. The standard InChI is InChI=1S/C25H27N3O4S/c1-17-10-11-19(16-22(17)27-23(29)18-8-6-5-7-9-18)24(30)26-20-12-14-21(15-13-20)33(31,32)28-25(2,3)4/h5-16,28H,1-4H3,(H,26,30)(H,27,29). The van der Waals surface area contributed by atoms with Crippen LogP contribution in [0, 0.1) is 6.92 Å². The van der Waals surface area contributed by atoms with Gasteiger partial charge in [-0.3, -0.25) is 9.59 Å². The van der Waals surface area contributed by atoms with Gasteiger partial charge in [0.1, 0.15) is 0 Å². The summed E-state index contributed by atoms with van der Waals surface area (Å²) in [7, 11) is -3.66. The average molecular weight is 466 g/mol. The Morgan fingerprint density at radius 3 is 1.97 bits per heavy atom. The summed E-state index contributed by atoms with van der Waals surface area (Å²) in [4.78, 5) is 25.3. The zero-order valence-corrected chi connectivity index (χ0v) is 19.8. The summed E-state index contributed by atoms with van der Waals surface area (Å²) >= 11 is 0. The lowest BCUT2D eigenvalue weighted by Gasteiger charge is -2.20. The summed E-state index contributed by atoms with van der Waals surface area (Å²) < 4.78 is 27.4. The third-order valence-electron chi connectivity index (χ3n) is 4.65. The Morgan fingerprint density at radius 2 is 1.36 bits per heavy atom. The van der Waals surface area contributed by atoms with Crippen molar-refractivity contribution in [3.8, 4) is 0 Å². The fraction of sp³-hybridized carbons (Fsp3) is 0.200. The van der Waals surface area contributed by atoms with E-state index >= 15 is 0 Å². The van der Waals surface area contributed by atoms with Gasteiger partial charge < -0.3 is 10.6 Å². The third-order valence-corrected chi connectivity index (χ3v) is 6.42. The Hall–Kier alpha value is -3.49. The molecule has 0 unspecified atom stereocenters. The highest BCUT2D eigenvalue weighted by molar-refractivity contribution is 7.89. The molecule has 0 aliphatic carbocycles. The first kappa shape index (κ1) is 24.2. The number of carbonyl (C=O) groups is 2. The van der Waals surface area contributed by atoms with Gasteiger partial charge in [-0.1, -0.05) is 24.3 Å². The molecular formula is C25H27N3O4S. The van der Waals surface area contributed by atoms with Crippen LogP contribution in [0.4, 0.5) is 11.4 Å². The van der Waals surface area contributed by atoms with E-state index in [0.29, 0.717) is 22.5 Å². The van der Waals surface area contributed by atoms with Gasteiger partial charge >= 0.3 is 0 Å². The van der Waals surface area contributed by atoms with Crippen LogP contribution in [0.15, 0.2) is 77.7 Å². The number of rotatable bonds is 6. The van der Waals surface area contributed by atoms with Crippen LogP contribution < -0.4 is 15.4 Å². The van der Waals surface area contributed by atoms with Gasteiger partial charge in [-0.05, 0) is 81.8 Å². The number of carbonyl (C=O) groups excluding carboxylic acids is 2. The minimum Gasteiger partial charge on any atom is -0.322 e.